The molecule has 1 aromatic carbocycles. The number of pyridine rings is 1. The zero-order valence-electron chi connectivity index (χ0n) is 15.2. The smallest absolute Gasteiger partial charge is 0.253 e. The third kappa shape index (κ3) is 3.89. The van der Waals surface area contributed by atoms with Gasteiger partial charge in [-0.15, -0.1) is 0 Å². The van der Waals surface area contributed by atoms with Crippen LogP contribution in [0.3, 0.4) is 0 Å². The Labute approximate surface area is 162 Å². The fourth-order valence-corrected chi connectivity index (χ4v) is 3.25. The van der Waals surface area contributed by atoms with Crippen LogP contribution in [0.5, 0.6) is 0 Å². The second-order valence-corrected chi connectivity index (χ2v) is 6.60. The van der Waals surface area contributed by atoms with Crippen molar-refractivity contribution in [2.75, 3.05) is 26.2 Å². The SMILES string of the molecule is N#Cc1cccc(-c2ccc(C(=O)N3CCN(Cc4ncn[nH]4)CC3)cc2)n1. The van der Waals surface area contributed by atoms with Crippen molar-refractivity contribution in [3.8, 4) is 17.3 Å². The molecular weight excluding hydrogens is 354 g/mol. The summed E-state index contributed by atoms with van der Waals surface area (Å²) in [7, 11) is 0. The van der Waals surface area contributed by atoms with E-state index >= 15 is 0 Å². The van der Waals surface area contributed by atoms with Crippen LogP contribution in [0.1, 0.15) is 21.9 Å². The van der Waals surface area contributed by atoms with Crippen molar-refractivity contribution in [1.29, 1.82) is 5.26 Å². The van der Waals surface area contributed by atoms with E-state index in [1.54, 1.807) is 12.1 Å². The number of nitriles is 1. The molecule has 28 heavy (non-hydrogen) atoms. The van der Waals surface area contributed by atoms with Gasteiger partial charge in [-0.3, -0.25) is 14.8 Å². The maximum atomic E-state index is 12.8. The van der Waals surface area contributed by atoms with E-state index in [9.17, 15) is 4.79 Å². The summed E-state index contributed by atoms with van der Waals surface area (Å²) in [6, 6.07) is 14.7. The van der Waals surface area contributed by atoms with Crippen LogP contribution in [0.2, 0.25) is 0 Å². The molecule has 0 saturated carbocycles. The van der Waals surface area contributed by atoms with Crippen LogP contribution in [-0.2, 0) is 6.54 Å². The Kier molecular flexibility index (Phi) is 5.08. The van der Waals surface area contributed by atoms with E-state index in [1.807, 2.05) is 41.3 Å². The number of benzene rings is 1. The third-order valence-electron chi connectivity index (χ3n) is 4.79. The molecule has 8 nitrogen and oxygen atoms in total. The van der Waals surface area contributed by atoms with E-state index in [0.717, 1.165) is 30.2 Å². The quantitative estimate of drug-likeness (QED) is 0.747. The zero-order valence-corrected chi connectivity index (χ0v) is 15.2. The van der Waals surface area contributed by atoms with Crippen molar-refractivity contribution in [3.05, 3.63) is 65.9 Å². The van der Waals surface area contributed by atoms with E-state index < -0.39 is 0 Å². The lowest BCUT2D eigenvalue weighted by atomic mass is 10.1. The first-order chi connectivity index (χ1) is 13.7. The summed E-state index contributed by atoms with van der Waals surface area (Å²) in [5, 5.41) is 15.7. The van der Waals surface area contributed by atoms with Gasteiger partial charge >= 0.3 is 0 Å². The van der Waals surface area contributed by atoms with Gasteiger partial charge in [0, 0.05) is 37.3 Å². The van der Waals surface area contributed by atoms with Crippen molar-refractivity contribution >= 4 is 5.91 Å². The lowest BCUT2D eigenvalue weighted by Crippen LogP contribution is -2.48. The largest absolute Gasteiger partial charge is 0.336 e. The molecule has 4 rings (SSSR count). The van der Waals surface area contributed by atoms with E-state index in [4.69, 9.17) is 5.26 Å². The highest BCUT2D eigenvalue weighted by Crippen LogP contribution is 2.19. The molecule has 0 unspecified atom stereocenters. The Bertz CT molecular complexity index is 984. The highest BCUT2D eigenvalue weighted by molar-refractivity contribution is 5.94. The molecule has 0 radical (unpaired) electrons. The van der Waals surface area contributed by atoms with E-state index in [2.05, 4.69) is 25.1 Å². The molecule has 0 spiro atoms. The van der Waals surface area contributed by atoms with Gasteiger partial charge in [0.1, 0.15) is 23.9 Å². The summed E-state index contributed by atoms with van der Waals surface area (Å²) in [6.45, 7) is 3.68. The molecule has 0 atom stereocenters. The van der Waals surface area contributed by atoms with Gasteiger partial charge in [0.25, 0.3) is 5.91 Å². The fourth-order valence-electron chi connectivity index (χ4n) is 3.25. The van der Waals surface area contributed by atoms with Gasteiger partial charge in [-0.05, 0) is 24.3 Å². The van der Waals surface area contributed by atoms with Crippen molar-refractivity contribution in [2.45, 2.75) is 6.54 Å². The molecular formula is C20H19N7O. The van der Waals surface area contributed by atoms with Crippen LogP contribution in [0, 0.1) is 11.3 Å². The number of hydrogen-bond donors (Lipinski definition) is 1. The molecule has 1 amide bonds. The van der Waals surface area contributed by atoms with E-state index in [0.29, 0.717) is 30.9 Å². The maximum absolute atomic E-state index is 12.8. The molecule has 0 aliphatic carbocycles. The summed E-state index contributed by atoms with van der Waals surface area (Å²) in [5.74, 6) is 0.869. The minimum absolute atomic E-state index is 0.0320. The number of amides is 1. The lowest BCUT2D eigenvalue weighted by molar-refractivity contribution is 0.0625. The van der Waals surface area contributed by atoms with Crippen molar-refractivity contribution < 1.29 is 4.79 Å². The second-order valence-electron chi connectivity index (χ2n) is 6.60. The van der Waals surface area contributed by atoms with Gasteiger partial charge in [-0.2, -0.15) is 10.4 Å². The molecule has 1 fully saturated rings. The lowest BCUT2D eigenvalue weighted by Gasteiger charge is -2.34. The Morgan fingerprint density at radius 3 is 2.57 bits per heavy atom. The number of carbonyl (C=O) groups is 1. The molecule has 1 N–H and O–H groups in total. The first-order valence-corrected chi connectivity index (χ1v) is 9.06. The molecule has 1 aliphatic heterocycles. The molecule has 1 saturated heterocycles. The number of nitrogens with zero attached hydrogens (tertiary/aromatic N) is 6. The summed E-state index contributed by atoms with van der Waals surface area (Å²) < 4.78 is 0. The number of nitrogens with one attached hydrogen (secondary N) is 1. The highest BCUT2D eigenvalue weighted by atomic mass is 16.2. The van der Waals surface area contributed by atoms with Crippen LogP contribution in [-0.4, -0.2) is 62.1 Å². The van der Waals surface area contributed by atoms with Crippen LogP contribution in [0.4, 0.5) is 0 Å². The van der Waals surface area contributed by atoms with Crippen LogP contribution >= 0.6 is 0 Å². The maximum Gasteiger partial charge on any atom is 0.253 e. The van der Waals surface area contributed by atoms with Gasteiger partial charge in [0.05, 0.1) is 12.2 Å². The number of hydrogen-bond acceptors (Lipinski definition) is 6. The van der Waals surface area contributed by atoms with Gasteiger partial charge in [0.15, 0.2) is 0 Å². The standard InChI is InChI=1S/C20H19N7O/c21-12-17-2-1-3-18(24-17)15-4-6-16(7-5-15)20(28)27-10-8-26(9-11-27)13-19-22-14-23-25-19/h1-7,14H,8-11,13H2,(H,22,23,25). The molecule has 140 valence electrons. The predicted octanol–water partition coefficient (Wildman–Crippen LogP) is 1.70. The molecule has 2 aromatic heterocycles. The Morgan fingerprint density at radius 2 is 1.89 bits per heavy atom. The number of rotatable bonds is 4. The highest BCUT2D eigenvalue weighted by Gasteiger charge is 2.22. The fraction of sp³-hybridized carbons (Fsp3) is 0.250. The molecule has 1 aliphatic rings. The normalized spacial score (nSPS) is 14.6. The van der Waals surface area contributed by atoms with Gasteiger partial charge in [0.2, 0.25) is 0 Å². The summed E-state index contributed by atoms with van der Waals surface area (Å²) in [4.78, 5) is 25.4. The number of carbonyl (C=O) groups excluding carboxylic acids is 1. The topological polar surface area (TPSA) is 102 Å². The molecule has 3 aromatic rings. The number of aromatic amines is 1. The average Bonchev–Trinajstić information content (AvgIpc) is 3.27. The number of aromatic nitrogens is 4. The van der Waals surface area contributed by atoms with Gasteiger partial charge in [-0.1, -0.05) is 18.2 Å². The van der Waals surface area contributed by atoms with Crippen LogP contribution in [0.25, 0.3) is 11.3 Å². The molecule has 8 heteroatoms. The van der Waals surface area contributed by atoms with E-state index in [-0.39, 0.29) is 5.91 Å². The zero-order chi connectivity index (χ0) is 19.3. The number of H-pyrrole nitrogens is 1. The van der Waals surface area contributed by atoms with Crippen molar-refractivity contribution in [1.82, 2.24) is 30.0 Å². The van der Waals surface area contributed by atoms with Crippen molar-refractivity contribution in [2.24, 2.45) is 0 Å². The summed E-state index contributed by atoms with van der Waals surface area (Å²) in [5.41, 5.74) is 2.63. The summed E-state index contributed by atoms with van der Waals surface area (Å²) in [6.07, 6.45) is 1.50. The number of piperazine rings is 1. The van der Waals surface area contributed by atoms with E-state index in [1.165, 1.54) is 6.33 Å². The Balaban J connectivity index is 1.38. The molecule has 3 heterocycles. The van der Waals surface area contributed by atoms with Crippen LogP contribution < -0.4 is 0 Å². The van der Waals surface area contributed by atoms with Gasteiger partial charge in [-0.25, -0.2) is 9.97 Å². The second kappa shape index (κ2) is 7.98. The Morgan fingerprint density at radius 1 is 1.11 bits per heavy atom. The summed E-state index contributed by atoms with van der Waals surface area (Å²) >= 11 is 0. The minimum atomic E-state index is 0.0320. The Hall–Kier alpha value is -3.57. The first-order valence-electron chi connectivity index (χ1n) is 9.06. The van der Waals surface area contributed by atoms with Gasteiger partial charge < -0.3 is 4.90 Å². The first kappa shape index (κ1) is 17.8. The average molecular weight is 373 g/mol. The minimum Gasteiger partial charge on any atom is -0.336 e. The monoisotopic (exact) mass is 373 g/mol. The molecule has 0 bridgehead atoms. The van der Waals surface area contributed by atoms with Crippen LogP contribution in [0.15, 0.2) is 48.8 Å². The van der Waals surface area contributed by atoms with Crippen molar-refractivity contribution in [3.63, 3.8) is 0 Å². The third-order valence-corrected chi connectivity index (χ3v) is 4.79. The predicted molar refractivity (Wildman–Crippen MR) is 102 cm³/mol.